The van der Waals surface area contributed by atoms with Gasteiger partial charge in [0.15, 0.2) is 0 Å². The smallest absolute Gasteiger partial charge is 0.338 e. The van der Waals surface area contributed by atoms with Crippen molar-refractivity contribution in [2.24, 2.45) is 10.8 Å². The lowest BCUT2D eigenvalue weighted by Gasteiger charge is -2.50. The van der Waals surface area contributed by atoms with Crippen molar-refractivity contribution in [1.82, 2.24) is 0 Å². The van der Waals surface area contributed by atoms with Gasteiger partial charge in [-0.25, -0.2) is 4.79 Å². The summed E-state index contributed by atoms with van der Waals surface area (Å²) in [6.45, 7) is 2.10. The Balaban J connectivity index is 1.92. The van der Waals surface area contributed by atoms with E-state index in [1.54, 1.807) is 24.3 Å². The fourth-order valence-corrected chi connectivity index (χ4v) is 5.33. The van der Waals surface area contributed by atoms with Gasteiger partial charge in [-0.2, -0.15) is 0 Å². The van der Waals surface area contributed by atoms with E-state index in [4.69, 9.17) is 4.74 Å². The van der Waals surface area contributed by atoms with Crippen LogP contribution in [0.1, 0.15) is 75.1 Å². The molecule has 1 N–H and O–H groups in total. The van der Waals surface area contributed by atoms with E-state index in [1.165, 1.54) is 6.42 Å². The fourth-order valence-electron chi connectivity index (χ4n) is 5.33. The van der Waals surface area contributed by atoms with Gasteiger partial charge >= 0.3 is 11.9 Å². The summed E-state index contributed by atoms with van der Waals surface area (Å²) in [5.74, 6) is -1.18. The molecule has 0 amide bonds. The molecule has 4 nitrogen and oxygen atoms in total. The molecule has 2 saturated carbocycles. The molecule has 0 aliphatic heterocycles. The van der Waals surface area contributed by atoms with Gasteiger partial charge in [-0.3, -0.25) is 4.79 Å². The van der Waals surface area contributed by atoms with Crippen LogP contribution in [0.2, 0.25) is 0 Å². The summed E-state index contributed by atoms with van der Waals surface area (Å²) in [5.41, 5.74) is -0.704. The molecule has 4 heteroatoms. The molecule has 136 valence electrons. The third-order valence-electron chi connectivity index (χ3n) is 6.66. The minimum atomic E-state index is -0.938. The maximum Gasteiger partial charge on any atom is 0.338 e. The topological polar surface area (TPSA) is 63.6 Å². The summed E-state index contributed by atoms with van der Waals surface area (Å²) in [6.07, 6.45) is 7.53. The second-order valence-electron chi connectivity index (χ2n) is 7.62. The largest absolute Gasteiger partial charge is 0.481 e. The predicted molar refractivity (Wildman–Crippen MR) is 95.4 cm³/mol. The second-order valence-corrected chi connectivity index (χ2v) is 7.62. The van der Waals surface area contributed by atoms with Crippen LogP contribution in [0.4, 0.5) is 0 Å². The Hall–Kier alpha value is -1.84. The van der Waals surface area contributed by atoms with Crippen LogP contribution in [0.5, 0.6) is 0 Å². The van der Waals surface area contributed by atoms with E-state index < -0.39 is 23.5 Å². The predicted octanol–water partition coefficient (Wildman–Crippen LogP) is 4.83. The standard InChI is InChI=1S/C21H28O4/c1-2-20(13-7-4-8-14-20)21(19(23)24)15-9-12-17(21)25-18(22)16-10-5-3-6-11-16/h3,5-6,10-11,17H,2,4,7-9,12-15H2,1H3,(H,23,24). The highest BCUT2D eigenvalue weighted by Gasteiger charge is 2.63. The first-order valence-corrected chi connectivity index (χ1v) is 9.55. The van der Waals surface area contributed by atoms with Gasteiger partial charge in [-0.05, 0) is 56.1 Å². The monoisotopic (exact) mass is 344 g/mol. The number of carboxylic acids is 1. The zero-order chi connectivity index (χ0) is 17.9. The summed E-state index contributed by atoms with van der Waals surface area (Å²) in [5, 5.41) is 10.3. The lowest BCUT2D eigenvalue weighted by Crippen LogP contribution is -2.54. The summed E-state index contributed by atoms with van der Waals surface area (Å²) < 4.78 is 5.84. The molecule has 0 saturated heterocycles. The van der Waals surface area contributed by atoms with Gasteiger partial charge in [0.1, 0.15) is 11.5 Å². The summed E-state index contributed by atoms with van der Waals surface area (Å²) in [4.78, 5) is 25.1. The molecular formula is C21H28O4. The van der Waals surface area contributed by atoms with E-state index in [1.807, 2.05) is 6.07 Å². The number of ether oxygens (including phenoxy) is 1. The molecular weight excluding hydrogens is 316 g/mol. The van der Waals surface area contributed by atoms with Gasteiger partial charge in [0.25, 0.3) is 0 Å². The Bertz CT molecular complexity index is 618. The number of hydrogen-bond donors (Lipinski definition) is 1. The molecule has 2 aliphatic carbocycles. The second kappa shape index (κ2) is 7.19. The van der Waals surface area contributed by atoms with Crippen molar-refractivity contribution in [2.75, 3.05) is 0 Å². The van der Waals surface area contributed by atoms with Crippen LogP contribution in [0.25, 0.3) is 0 Å². The normalized spacial score (nSPS) is 28.4. The van der Waals surface area contributed by atoms with Crippen LogP contribution in [-0.2, 0) is 9.53 Å². The molecule has 2 unspecified atom stereocenters. The van der Waals surface area contributed by atoms with Crippen molar-refractivity contribution in [2.45, 2.75) is 70.8 Å². The van der Waals surface area contributed by atoms with Crippen molar-refractivity contribution in [1.29, 1.82) is 0 Å². The van der Waals surface area contributed by atoms with Gasteiger partial charge < -0.3 is 9.84 Å². The molecule has 2 aliphatic rings. The van der Waals surface area contributed by atoms with Crippen molar-refractivity contribution < 1.29 is 19.4 Å². The first-order chi connectivity index (χ1) is 12.1. The average Bonchev–Trinajstić information content (AvgIpc) is 3.08. The molecule has 0 spiro atoms. The third kappa shape index (κ3) is 2.96. The highest BCUT2D eigenvalue weighted by molar-refractivity contribution is 5.90. The zero-order valence-corrected chi connectivity index (χ0v) is 15.0. The van der Waals surface area contributed by atoms with Crippen LogP contribution < -0.4 is 0 Å². The van der Waals surface area contributed by atoms with Gasteiger partial charge in [-0.1, -0.05) is 44.4 Å². The van der Waals surface area contributed by atoms with E-state index in [0.717, 1.165) is 38.5 Å². The van der Waals surface area contributed by atoms with E-state index in [9.17, 15) is 14.7 Å². The Morgan fingerprint density at radius 3 is 2.36 bits per heavy atom. The number of rotatable bonds is 5. The zero-order valence-electron chi connectivity index (χ0n) is 15.0. The number of aliphatic carboxylic acids is 1. The molecule has 2 atom stereocenters. The van der Waals surface area contributed by atoms with Crippen LogP contribution in [0.3, 0.4) is 0 Å². The Kier molecular flexibility index (Phi) is 5.16. The molecule has 0 bridgehead atoms. The number of carboxylic acid groups (broad SMARTS) is 1. The summed E-state index contributed by atoms with van der Waals surface area (Å²) in [7, 11) is 0. The minimum Gasteiger partial charge on any atom is -0.481 e. The molecule has 1 aromatic carbocycles. The number of esters is 1. The highest BCUT2D eigenvalue weighted by Crippen LogP contribution is 2.60. The SMILES string of the molecule is CCC1(C2(C(=O)O)CCCC2OC(=O)c2ccccc2)CCCCC1. The van der Waals surface area contributed by atoms with E-state index in [-0.39, 0.29) is 5.41 Å². The molecule has 3 rings (SSSR count). The lowest BCUT2D eigenvalue weighted by atomic mass is 9.54. The number of hydrogen-bond acceptors (Lipinski definition) is 3. The van der Waals surface area contributed by atoms with Crippen molar-refractivity contribution in [3.63, 3.8) is 0 Å². The number of carbonyl (C=O) groups excluding carboxylic acids is 1. The van der Waals surface area contributed by atoms with Crippen molar-refractivity contribution >= 4 is 11.9 Å². The van der Waals surface area contributed by atoms with Gasteiger partial charge in [0.05, 0.1) is 5.56 Å². The number of benzene rings is 1. The van der Waals surface area contributed by atoms with Crippen LogP contribution >= 0.6 is 0 Å². The van der Waals surface area contributed by atoms with Gasteiger partial charge in [0.2, 0.25) is 0 Å². The lowest BCUT2D eigenvalue weighted by molar-refractivity contribution is -0.173. The fraction of sp³-hybridized carbons (Fsp3) is 0.619. The Morgan fingerprint density at radius 1 is 1.08 bits per heavy atom. The Morgan fingerprint density at radius 2 is 1.76 bits per heavy atom. The molecule has 2 fully saturated rings. The molecule has 0 radical (unpaired) electrons. The number of carbonyl (C=O) groups is 2. The van der Waals surface area contributed by atoms with Crippen molar-refractivity contribution in [3.8, 4) is 0 Å². The highest BCUT2D eigenvalue weighted by atomic mass is 16.5. The quantitative estimate of drug-likeness (QED) is 0.777. The first kappa shape index (κ1) is 18.0. The average molecular weight is 344 g/mol. The van der Waals surface area contributed by atoms with E-state index >= 15 is 0 Å². The van der Waals surface area contributed by atoms with Gasteiger partial charge in [-0.15, -0.1) is 0 Å². The van der Waals surface area contributed by atoms with Crippen LogP contribution in [0.15, 0.2) is 30.3 Å². The van der Waals surface area contributed by atoms with Crippen LogP contribution in [0, 0.1) is 10.8 Å². The van der Waals surface area contributed by atoms with E-state index in [2.05, 4.69) is 6.92 Å². The molecule has 0 aromatic heterocycles. The molecule has 0 heterocycles. The summed E-state index contributed by atoms with van der Waals surface area (Å²) in [6, 6.07) is 8.88. The molecule has 25 heavy (non-hydrogen) atoms. The first-order valence-electron chi connectivity index (χ1n) is 9.55. The Labute approximate surface area is 149 Å². The third-order valence-corrected chi connectivity index (χ3v) is 6.66. The molecule has 1 aromatic rings. The maximum atomic E-state index is 12.6. The van der Waals surface area contributed by atoms with Crippen LogP contribution in [-0.4, -0.2) is 23.1 Å². The van der Waals surface area contributed by atoms with Gasteiger partial charge in [0, 0.05) is 0 Å². The minimum absolute atomic E-state index is 0.255. The maximum absolute atomic E-state index is 12.6. The van der Waals surface area contributed by atoms with Crippen molar-refractivity contribution in [3.05, 3.63) is 35.9 Å². The summed E-state index contributed by atoms with van der Waals surface area (Å²) >= 11 is 0. The van der Waals surface area contributed by atoms with E-state index in [0.29, 0.717) is 18.4 Å².